The second-order valence-electron chi connectivity index (χ2n) is 6.69. The van der Waals surface area contributed by atoms with Crippen LogP contribution >= 0.6 is 0 Å². The fourth-order valence-corrected chi connectivity index (χ4v) is 3.27. The van der Waals surface area contributed by atoms with Crippen molar-refractivity contribution in [3.05, 3.63) is 59.9 Å². The molecule has 0 fully saturated rings. The molecule has 0 radical (unpaired) electrons. The average Bonchev–Trinajstić information content (AvgIpc) is 3.19. The quantitative estimate of drug-likeness (QED) is 0.458. The zero-order valence-electron chi connectivity index (χ0n) is 15.7. The highest BCUT2D eigenvalue weighted by molar-refractivity contribution is 5.97. The van der Waals surface area contributed by atoms with Gasteiger partial charge >= 0.3 is 6.03 Å². The Morgan fingerprint density at radius 3 is 2.72 bits per heavy atom. The Labute approximate surface area is 167 Å². The van der Waals surface area contributed by atoms with Gasteiger partial charge in [0.25, 0.3) is 5.91 Å². The fourth-order valence-electron chi connectivity index (χ4n) is 3.27. The van der Waals surface area contributed by atoms with Gasteiger partial charge < -0.3 is 26.0 Å². The van der Waals surface area contributed by atoms with Crippen molar-refractivity contribution in [3.8, 4) is 22.5 Å². The summed E-state index contributed by atoms with van der Waals surface area (Å²) in [6.45, 7) is 0.735. The van der Waals surface area contributed by atoms with Crippen LogP contribution in [0.4, 0.5) is 10.5 Å². The van der Waals surface area contributed by atoms with Gasteiger partial charge in [-0.25, -0.2) is 4.79 Å². The summed E-state index contributed by atoms with van der Waals surface area (Å²) >= 11 is 0. The second-order valence-corrected chi connectivity index (χ2v) is 6.69. The molecule has 0 unspecified atom stereocenters. The van der Waals surface area contributed by atoms with E-state index in [1.54, 1.807) is 18.3 Å². The van der Waals surface area contributed by atoms with Crippen molar-refractivity contribution in [3.63, 3.8) is 0 Å². The SMILES string of the molecule is O=C(NCCO)Nc1ccc(-c2cc(-c3cc4c([nH]3)CCNC4=O)ccn2)cc1. The number of pyridine rings is 1. The van der Waals surface area contributed by atoms with E-state index >= 15 is 0 Å². The monoisotopic (exact) mass is 391 g/mol. The van der Waals surface area contributed by atoms with Crippen LogP contribution in [-0.2, 0) is 6.42 Å². The lowest BCUT2D eigenvalue weighted by molar-refractivity contribution is 0.0946. The number of aliphatic hydroxyl groups excluding tert-OH is 1. The number of urea groups is 1. The van der Waals surface area contributed by atoms with E-state index in [4.69, 9.17) is 5.11 Å². The number of amides is 3. The third-order valence-corrected chi connectivity index (χ3v) is 4.71. The van der Waals surface area contributed by atoms with E-state index in [-0.39, 0.29) is 25.1 Å². The van der Waals surface area contributed by atoms with Crippen LogP contribution in [0, 0.1) is 0 Å². The molecule has 8 heteroatoms. The Kier molecular flexibility index (Phi) is 5.26. The zero-order chi connectivity index (χ0) is 20.2. The highest BCUT2D eigenvalue weighted by Gasteiger charge is 2.20. The maximum atomic E-state index is 12.0. The number of hydrogen-bond donors (Lipinski definition) is 5. The molecule has 29 heavy (non-hydrogen) atoms. The number of carbonyl (C=O) groups excluding carboxylic acids is 2. The number of carbonyl (C=O) groups is 2. The van der Waals surface area contributed by atoms with Gasteiger partial charge in [0.2, 0.25) is 0 Å². The number of nitrogens with zero attached hydrogens (tertiary/aromatic N) is 1. The van der Waals surface area contributed by atoms with E-state index in [0.717, 1.165) is 34.6 Å². The molecule has 148 valence electrons. The first-order chi connectivity index (χ1) is 14.1. The summed E-state index contributed by atoms with van der Waals surface area (Å²) in [6.07, 6.45) is 2.53. The zero-order valence-corrected chi connectivity index (χ0v) is 15.7. The van der Waals surface area contributed by atoms with Crippen molar-refractivity contribution < 1.29 is 14.7 Å². The highest BCUT2D eigenvalue weighted by atomic mass is 16.3. The summed E-state index contributed by atoms with van der Waals surface area (Å²) in [7, 11) is 0. The molecule has 5 N–H and O–H groups in total. The van der Waals surface area contributed by atoms with Crippen molar-refractivity contribution in [1.29, 1.82) is 0 Å². The third kappa shape index (κ3) is 4.12. The van der Waals surface area contributed by atoms with Gasteiger partial charge in [0.05, 0.1) is 17.9 Å². The molecule has 3 aromatic rings. The molecular formula is C21H21N5O3. The number of aromatic amines is 1. The number of H-pyrrole nitrogens is 1. The van der Waals surface area contributed by atoms with E-state index in [1.807, 2.05) is 30.3 Å². The Hall–Kier alpha value is -3.65. The van der Waals surface area contributed by atoms with Crippen molar-refractivity contribution >= 4 is 17.6 Å². The molecule has 3 heterocycles. The summed E-state index contributed by atoms with van der Waals surface area (Å²) < 4.78 is 0. The van der Waals surface area contributed by atoms with Gasteiger partial charge in [0.1, 0.15) is 0 Å². The van der Waals surface area contributed by atoms with Crippen LogP contribution in [0.5, 0.6) is 0 Å². The van der Waals surface area contributed by atoms with Crippen LogP contribution in [-0.4, -0.2) is 46.7 Å². The molecule has 0 atom stereocenters. The Balaban J connectivity index is 1.53. The number of nitrogens with one attached hydrogen (secondary N) is 4. The van der Waals surface area contributed by atoms with Gasteiger partial charge in [-0.15, -0.1) is 0 Å². The van der Waals surface area contributed by atoms with Crippen molar-refractivity contribution in [2.45, 2.75) is 6.42 Å². The van der Waals surface area contributed by atoms with E-state index in [0.29, 0.717) is 17.8 Å². The molecule has 2 aromatic heterocycles. The molecule has 3 amide bonds. The number of anilines is 1. The van der Waals surface area contributed by atoms with Crippen molar-refractivity contribution in [2.75, 3.05) is 25.0 Å². The van der Waals surface area contributed by atoms with Gasteiger partial charge in [-0.3, -0.25) is 9.78 Å². The lowest BCUT2D eigenvalue weighted by Gasteiger charge is -2.11. The first-order valence-corrected chi connectivity index (χ1v) is 9.37. The predicted octanol–water partition coefficient (Wildman–Crippen LogP) is 2.14. The summed E-state index contributed by atoms with van der Waals surface area (Å²) in [5.74, 6) is -0.0471. The Morgan fingerprint density at radius 2 is 1.97 bits per heavy atom. The molecule has 0 bridgehead atoms. The first kappa shape index (κ1) is 18.7. The van der Waals surface area contributed by atoms with Crippen LogP contribution in [0.25, 0.3) is 22.5 Å². The highest BCUT2D eigenvalue weighted by Crippen LogP contribution is 2.27. The molecule has 1 aliphatic heterocycles. The summed E-state index contributed by atoms with van der Waals surface area (Å²) in [6, 6.07) is 12.7. The van der Waals surface area contributed by atoms with Crippen LogP contribution in [0.2, 0.25) is 0 Å². The van der Waals surface area contributed by atoms with Crippen molar-refractivity contribution in [1.82, 2.24) is 20.6 Å². The minimum absolute atomic E-state index is 0.0471. The van der Waals surface area contributed by atoms with E-state index in [9.17, 15) is 9.59 Å². The first-order valence-electron chi connectivity index (χ1n) is 9.37. The topological polar surface area (TPSA) is 119 Å². The van der Waals surface area contributed by atoms with Gasteiger partial charge in [-0.2, -0.15) is 0 Å². The summed E-state index contributed by atoms with van der Waals surface area (Å²) in [5, 5.41) is 16.8. The molecule has 0 spiro atoms. The van der Waals surface area contributed by atoms with Gasteiger partial charge in [-0.1, -0.05) is 12.1 Å². The molecule has 4 rings (SSSR count). The van der Waals surface area contributed by atoms with Gasteiger partial charge in [0.15, 0.2) is 0 Å². The lowest BCUT2D eigenvalue weighted by Crippen LogP contribution is -2.31. The van der Waals surface area contributed by atoms with Crippen LogP contribution < -0.4 is 16.0 Å². The largest absolute Gasteiger partial charge is 0.395 e. The van der Waals surface area contributed by atoms with Gasteiger partial charge in [-0.05, 0) is 30.3 Å². The maximum Gasteiger partial charge on any atom is 0.319 e. The van der Waals surface area contributed by atoms with Crippen LogP contribution in [0.1, 0.15) is 16.1 Å². The normalized spacial score (nSPS) is 12.8. The number of fused-ring (bicyclic) bond motifs is 1. The maximum absolute atomic E-state index is 12.0. The molecule has 0 saturated carbocycles. The molecule has 0 aliphatic carbocycles. The molecule has 1 aromatic carbocycles. The van der Waals surface area contributed by atoms with Crippen LogP contribution in [0.15, 0.2) is 48.7 Å². The predicted molar refractivity (Wildman–Crippen MR) is 110 cm³/mol. The van der Waals surface area contributed by atoms with E-state index in [2.05, 4.69) is 25.9 Å². The summed E-state index contributed by atoms with van der Waals surface area (Å²) in [4.78, 5) is 31.4. The molecule has 1 aliphatic rings. The van der Waals surface area contributed by atoms with Gasteiger partial charge in [0, 0.05) is 53.9 Å². The minimum atomic E-state index is -0.369. The third-order valence-electron chi connectivity index (χ3n) is 4.71. The van der Waals surface area contributed by atoms with E-state index in [1.165, 1.54) is 0 Å². The number of rotatable bonds is 5. The Morgan fingerprint density at radius 1 is 1.14 bits per heavy atom. The fraction of sp³-hybridized carbons (Fsp3) is 0.190. The molecule has 0 saturated heterocycles. The number of hydrogen-bond acceptors (Lipinski definition) is 4. The smallest absolute Gasteiger partial charge is 0.319 e. The molecule has 8 nitrogen and oxygen atoms in total. The van der Waals surface area contributed by atoms with Crippen LogP contribution in [0.3, 0.4) is 0 Å². The van der Waals surface area contributed by atoms with E-state index < -0.39 is 0 Å². The average molecular weight is 391 g/mol. The minimum Gasteiger partial charge on any atom is -0.395 e. The number of aliphatic hydroxyl groups is 1. The number of aromatic nitrogens is 2. The lowest BCUT2D eigenvalue weighted by atomic mass is 10.1. The van der Waals surface area contributed by atoms with Crippen molar-refractivity contribution in [2.24, 2.45) is 0 Å². The number of benzene rings is 1. The second kappa shape index (κ2) is 8.15. The standard InChI is InChI=1S/C21H21N5O3/c27-10-9-24-21(29)25-15-3-1-13(2-4-15)18-11-14(5-7-22-18)19-12-16-17(26-19)6-8-23-20(16)28/h1-5,7,11-12,26-27H,6,8-10H2,(H,23,28)(H2,24,25,29). The Bertz CT molecular complexity index is 1040. The molecular weight excluding hydrogens is 370 g/mol. The summed E-state index contributed by atoms with van der Waals surface area (Å²) in [5.41, 5.74) is 5.82.